The van der Waals surface area contributed by atoms with E-state index in [1.807, 2.05) is 32.2 Å². The van der Waals surface area contributed by atoms with Crippen LogP contribution < -0.4 is 11.1 Å². The molecule has 2 rings (SSSR count). The number of nitrogens with zero attached hydrogens (tertiary/aromatic N) is 2. The third-order valence-electron chi connectivity index (χ3n) is 2.70. The largest absolute Gasteiger partial charge is 0.394 e. The first-order valence-corrected chi connectivity index (χ1v) is 6.10. The van der Waals surface area contributed by atoms with Crippen molar-refractivity contribution < 1.29 is 0 Å². The Morgan fingerprint density at radius 3 is 2.59 bits per heavy atom. The summed E-state index contributed by atoms with van der Waals surface area (Å²) in [6, 6.07) is 6.09. The monoisotopic (exact) mass is 294 g/mol. The van der Waals surface area contributed by atoms with Crippen molar-refractivity contribution in [3.8, 4) is 0 Å². The molecule has 0 atom stereocenters. The molecule has 0 saturated heterocycles. The van der Waals surface area contributed by atoms with Gasteiger partial charge < -0.3 is 11.1 Å². The summed E-state index contributed by atoms with van der Waals surface area (Å²) < 4.78 is 2.82. The molecule has 0 saturated carbocycles. The fourth-order valence-electron chi connectivity index (χ4n) is 1.63. The summed E-state index contributed by atoms with van der Waals surface area (Å²) in [5.74, 6) is 0.818. The highest BCUT2D eigenvalue weighted by Crippen LogP contribution is 2.27. The van der Waals surface area contributed by atoms with Crippen LogP contribution in [0.4, 0.5) is 17.2 Å². The molecule has 1 aromatic carbocycles. The van der Waals surface area contributed by atoms with Crippen LogP contribution in [0.2, 0.25) is 0 Å². The maximum absolute atomic E-state index is 5.96. The molecule has 17 heavy (non-hydrogen) atoms. The molecule has 0 aliphatic carbocycles. The SMILES string of the molecule is Cc1ccc(Nc2c(N)c(C)nn2C)cc1Br. The molecule has 1 aromatic heterocycles. The van der Waals surface area contributed by atoms with Gasteiger partial charge in [0.2, 0.25) is 0 Å². The van der Waals surface area contributed by atoms with E-state index in [2.05, 4.69) is 33.3 Å². The summed E-state index contributed by atoms with van der Waals surface area (Å²) in [5.41, 5.74) is 9.66. The van der Waals surface area contributed by atoms with Crippen LogP contribution in [-0.2, 0) is 7.05 Å². The Morgan fingerprint density at radius 2 is 2.06 bits per heavy atom. The summed E-state index contributed by atoms with van der Waals surface area (Å²) in [6.45, 7) is 3.95. The first kappa shape index (κ1) is 12.0. The number of aryl methyl sites for hydroxylation is 3. The molecule has 1 heterocycles. The van der Waals surface area contributed by atoms with Crippen LogP contribution in [0.25, 0.3) is 0 Å². The van der Waals surface area contributed by atoms with Crippen LogP contribution in [-0.4, -0.2) is 9.78 Å². The smallest absolute Gasteiger partial charge is 0.152 e. The average Bonchev–Trinajstić information content (AvgIpc) is 2.50. The van der Waals surface area contributed by atoms with Gasteiger partial charge in [-0.1, -0.05) is 22.0 Å². The number of nitrogens with one attached hydrogen (secondary N) is 1. The Labute approximate surface area is 109 Å². The molecule has 3 N–H and O–H groups in total. The maximum atomic E-state index is 5.96. The number of nitrogens with two attached hydrogens (primary N) is 1. The highest BCUT2D eigenvalue weighted by molar-refractivity contribution is 9.10. The van der Waals surface area contributed by atoms with E-state index in [1.165, 1.54) is 5.56 Å². The van der Waals surface area contributed by atoms with E-state index in [9.17, 15) is 0 Å². The van der Waals surface area contributed by atoms with Crippen LogP contribution in [0.3, 0.4) is 0 Å². The number of halogens is 1. The van der Waals surface area contributed by atoms with Crippen molar-refractivity contribution in [3.63, 3.8) is 0 Å². The molecule has 90 valence electrons. The van der Waals surface area contributed by atoms with E-state index in [0.717, 1.165) is 21.7 Å². The molecular formula is C12H15BrN4. The zero-order valence-corrected chi connectivity index (χ0v) is 11.7. The number of hydrogen-bond donors (Lipinski definition) is 2. The normalized spacial score (nSPS) is 10.6. The predicted molar refractivity (Wildman–Crippen MR) is 74.5 cm³/mol. The molecule has 0 bridgehead atoms. The van der Waals surface area contributed by atoms with Gasteiger partial charge in [0.05, 0.1) is 11.4 Å². The quantitative estimate of drug-likeness (QED) is 0.895. The van der Waals surface area contributed by atoms with Crippen molar-refractivity contribution in [1.82, 2.24) is 9.78 Å². The second kappa shape index (κ2) is 4.41. The molecule has 0 unspecified atom stereocenters. The summed E-state index contributed by atoms with van der Waals surface area (Å²) >= 11 is 3.51. The lowest BCUT2D eigenvalue weighted by Gasteiger charge is -2.09. The Hall–Kier alpha value is -1.49. The van der Waals surface area contributed by atoms with Gasteiger partial charge in [0.1, 0.15) is 0 Å². The predicted octanol–water partition coefficient (Wildman–Crippen LogP) is 3.13. The second-order valence-electron chi connectivity index (χ2n) is 4.06. The number of benzene rings is 1. The van der Waals surface area contributed by atoms with E-state index in [1.54, 1.807) is 4.68 Å². The Morgan fingerprint density at radius 1 is 1.35 bits per heavy atom. The number of anilines is 3. The third-order valence-corrected chi connectivity index (χ3v) is 3.56. The molecule has 0 aliphatic rings. The standard InChI is InChI=1S/C12H15BrN4/c1-7-4-5-9(6-10(7)13)15-12-11(14)8(2)16-17(12)3/h4-6,15H,14H2,1-3H3. The average molecular weight is 295 g/mol. The summed E-state index contributed by atoms with van der Waals surface area (Å²) in [5, 5.41) is 7.54. The molecule has 0 amide bonds. The zero-order chi connectivity index (χ0) is 12.6. The van der Waals surface area contributed by atoms with Crippen LogP contribution in [0.15, 0.2) is 22.7 Å². The molecule has 4 nitrogen and oxygen atoms in total. The zero-order valence-electron chi connectivity index (χ0n) is 10.1. The van der Waals surface area contributed by atoms with Crippen LogP contribution in [0.1, 0.15) is 11.3 Å². The molecule has 5 heteroatoms. The van der Waals surface area contributed by atoms with Crippen LogP contribution in [0.5, 0.6) is 0 Å². The molecule has 0 fully saturated rings. The van der Waals surface area contributed by atoms with E-state index >= 15 is 0 Å². The van der Waals surface area contributed by atoms with E-state index in [-0.39, 0.29) is 0 Å². The van der Waals surface area contributed by atoms with Gasteiger partial charge in [-0.3, -0.25) is 4.68 Å². The molecule has 0 radical (unpaired) electrons. The lowest BCUT2D eigenvalue weighted by molar-refractivity contribution is 0.765. The lowest BCUT2D eigenvalue weighted by atomic mass is 10.2. The van der Waals surface area contributed by atoms with Crippen molar-refractivity contribution in [2.24, 2.45) is 7.05 Å². The van der Waals surface area contributed by atoms with Crippen molar-refractivity contribution in [1.29, 1.82) is 0 Å². The van der Waals surface area contributed by atoms with Gasteiger partial charge in [0.25, 0.3) is 0 Å². The molecule has 2 aromatic rings. The van der Waals surface area contributed by atoms with Crippen molar-refractivity contribution in [2.75, 3.05) is 11.1 Å². The number of rotatable bonds is 2. The Bertz CT molecular complexity index is 560. The highest BCUT2D eigenvalue weighted by atomic mass is 79.9. The number of aromatic nitrogens is 2. The second-order valence-corrected chi connectivity index (χ2v) is 4.91. The lowest BCUT2D eigenvalue weighted by Crippen LogP contribution is -2.01. The van der Waals surface area contributed by atoms with E-state index in [4.69, 9.17) is 5.73 Å². The fourth-order valence-corrected chi connectivity index (χ4v) is 2.01. The molecule has 0 spiro atoms. The summed E-state index contributed by atoms with van der Waals surface area (Å²) in [4.78, 5) is 0. The van der Waals surface area contributed by atoms with Gasteiger partial charge in [-0.2, -0.15) is 5.10 Å². The van der Waals surface area contributed by atoms with Gasteiger partial charge >= 0.3 is 0 Å². The van der Waals surface area contributed by atoms with Gasteiger partial charge in [-0.15, -0.1) is 0 Å². The van der Waals surface area contributed by atoms with Crippen molar-refractivity contribution in [3.05, 3.63) is 33.9 Å². The van der Waals surface area contributed by atoms with Crippen LogP contribution >= 0.6 is 15.9 Å². The van der Waals surface area contributed by atoms with E-state index < -0.39 is 0 Å². The highest BCUT2D eigenvalue weighted by Gasteiger charge is 2.10. The topological polar surface area (TPSA) is 55.9 Å². The van der Waals surface area contributed by atoms with Gasteiger partial charge in [-0.05, 0) is 31.5 Å². The van der Waals surface area contributed by atoms with Gasteiger partial charge in [-0.25, -0.2) is 0 Å². The Balaban J connectivity index is 2.34. The van der Waals surface area contributed by atoms with Gasteiger partial charge in [0.15, 0.2) is 5.82 Å². The Kier molecular flexibility index (Phi) is 3.11. The minimum atomic E-state index is 0.684. The summed E-state index contributed by atoms with van der Waals surface area (Å²) in [6.07, 6.45) is 0. The van der Waals surface area contributed by atoms with E-state index in [0.29, 0.717) is 5.69 Å². The van der Waals surface area contributed by atoms with Crippen LogP contribution in [0, 0.1) is 13.8 Å². The molecular weight excluding hydrogens is 280 g/mol. The summed E-state index contributed by atoms with van der Waals surface area (Å²) in [7, 11) is 1.87. The number of hydrogen-bond acceptors (Lipinski definition) is 3. The van der Waals surface area contributed by atoms with Crippen molar-refractivity contribution in [2.45, 2.75) is 13.8 Å². The fraction of sp³-hybridized carbons (Fsp3) is 0.250. The first-order valence-electron chi connectivity index (χ1n) is 5.31. The first-order chi connectivity index (χ1) is 7.99. The maximum Gasteiger partial charge on any atom is 0.152 e. The third kappa shape index (κ3) is 2.29. The van der Waals surface area contributed by atoms with Gasteiger partial charge in [0, 0.05) is 17.2 Å². The van der Waals surface area contributed by atoms with Crippen molar-refractivity contribution >= 4 is 33.1 Å². The minimum absolute atomic E-state index is 0.684. The minimum Gasteiger partial charge on any atom is -0.394 e. The number of nitrogen functional groups attached to an aromatic ring is 1. The molecule has 0 aliphatic heterocycles.